The van der Waals surface area contributed by atoms with E-state index >= 15 is 0 Å². The Hall–Kier alpha value is -0.740. The second-order valence-corrected chi connectivity index (χ2v) is 5.51. The molecule has 0 atom stereocenters. The lowest BCUT2D eigenvalue weighted by atomic mass is 9.93. The van der Waals surface area contributed by atoms with E-state index in [9.17, 15) is 4.79 Å². The molecule has 4 heteroatoms. The maximum absolute atomic E-state index is 11.2. The van der Waals surface area contributed by atoms with Crippen LogP contribution in [0.15, 0.2) is 5.38 Å². The maximum atomic E-state index is 11.2. The van der Waals surface area contributed by atoms with E-state index in [0.29, 0.717) is 11.8 Å². The van der Waals surface area contributed by atoms with Crippen molar-refractivity contribution in [2.45, 2.75) is 45.2 Å². The van der Waals surface area contributed by atoms with Gasteiger partial charge in [-0.3, -0.25) is 9.69 Å². The highest BCUT2D eigenvalue weighted by Gasteiger charge is 2.22. The quantitative estimate of drug-likeness (QED) is 0.810. The highest BCUT2D eigenvalue weighted by molar-refractivity contribution is 7.09. The van der Waals surface area contributed by atoms with Crippen molar-refractivity contribution in [3.8, 4) is 0 Å². The van der Waals surface area contributed by atoms with Gasteiger partial charge in [-0.15, -0.1) is 11.3 Å². The second-order valence-electron chi connectivity index (χ2n) is 4.57. The number of hydrogen-bond donors (Lipinski definition) is 0. The zero-order valence-corrected chi connectivity index (χ0v) is 10.7. The third kappa shape index (κ3) is 2.89. The number of Topliss-reactive ketones (excluding diaryl/α,β-unsaturated/α-hetero) is 1. The Morgan fingerprint density at radius 2 is 2.19 bits per heavy atom. The Morgan fingerprint density at radius 1 is 1.50 bits per heavy atom. The van der Waals surface area contributed by atoms with Gasteiger partial charge >= 0.3 is 0 Å². The van der Waals surface area contributed by atoms with Crippen molar-refractivity contribution >= 4 is 17.1 Å². The first-order valence-electron chi connectivity index (χ1n) is 5.78. The standard InChI is InChI=1S/C12H18N2OS/c1-9-8-16-12(13-9)7-14(2)10-3-5-11(15)6-4-10/h8,10H,3-7H2,1-2H3. The van der Waals surface area contributed by atoms with E-state index in [1.54, 1.807) is 11.3 Å². The molecule has 0 aromatic carbocycles. The summed E-state index contributed by atoms with van der Waals surface area (Å²) in [4.78, 5) is 18.0. The highest BCUT2D eigenvalue weighted by atomic mass is 32.1. The predicted molar refractivity (Wildman–Crippen MR) is 65.6 cm³/mol. The van der Waals surface area contributed by atoms with Gasteiger partial charge in [-0.25, -0.2) is 4.98 Å². The molecule has 2 rings (SSSR count). The van der Waals surface area contributed by atoms with Crippen LogP contribution in [0.4, 0.5) is 0 Å². The minimum absolute atomic E-state index is 0.426. The molecule has 3 nitrogen and oxygen atoms in total. The van der Waals surface area contributed by atoms with Crippen molar-refractivity contribution in [1.29, 1.82) is 0 Å². The van der Waals surface area contributed by atoms with Crippen LogP contribution in [0.5, 0.6) is 0 Å². The van der Waals surface area contributed by atoms with Gasteiger partial charge in [0.25, 0.3) is 0 Å². The number of hydrogen-bond acceptors (Lipinski definition) is 4. The molecule has 0 N–H and O–H groups in total. The lowest BCUT2D eigenvalue weighted by Crippen LogP contribution is -2.34. The van der Waals surface area contributed by atoms with E-state index in [-0.39, 0.29) is 0 Å². The fourth-order valence-electron chi connectivity index (χ4n) is 2.18. The molecule has 88 valence electrons. The third-order valence-electron chi connectivity index (χ3n) is 3.19. The van der Waals surface area contributed by atoms with E-state index in [2.05, 4.69) is 22.3 Å². The monoisotopic (exact) mass is 238 g/mol. The minimum Gasteiger partial charge on any atom is -0.300 e. The fraction of sp³-hybridized carbons (Fsp3) is 0.667. The number of rotatable bonds is 3. The van der Waals surface area contributed by atoms with Crippen LogP contribution in [0.1, 0.15) is 36.4 Å². The summed E-state index contributed by atoms with van der Waals surface area (Å²) in [5.41, 5.74) is 1.10. The van der Waals surface area contributed by atoms with Gasteiger partial charge in [0.1, 0.15) is 10.8 Å². The molecule has 1 aliphatic carbocycles. The summed E-state index contributed by atoms with van der Waals surface area (Å²) in [5, 5.41) is 3.27. The van der Waals surface area contributed by atoms with Gasteiger partial charge in [0.15, 0.2) is 0 Å². The van der Waals surface area contributed by atoms with Gasteiger partial charge in [-0.1, -0.05) is 0 Å². The van der Waals surface area contributed by atoms with Gasteiger partial charge in [0.2, 0.25) is 0 Å². The molecule has 0 saturated heterocycles. The summed E-state index contributed by atoms with van der Waals surface area (Å²) in [6.07, 6.45) is 3.54. The molecule has 16 heavy (non-hydrogen) atoms. The van der Waals surface area contributed by atoms with E-state index in [0.717, 1.165) is 37.9 Å². The second kappa shape index (κ2) is 5.06. The van der Waals surface area contributed by atoms with Crippen LogP contribution in [-0.2, 0) is 11.3 Å². The van der Waals surface area contributed by atoms with Crippen LogP contribution < -0.4 is 0 Å². The summed E-state index contributed by atoms with van der Waals surface area (Å²) in [7, 11) is 2.14. The van der Waals surface area contributed by atoms with Crippen LogP contribution >= 0.6 is 11.3 Å². The van der Waals surface area contributed by atoms with Gasteiger partial charge < -0.3 is 0 Å². The van der Waals surface area contributed by atoms with Crippen LogP contribution in [0.25, 0.3) is 0 Å². The Kier molecular flexibility index (Phi) is 3.71. The molecule has 1 aliphatic rings. The van der Waals surface area contributed by atoms with Gasteiger partial charge in [0, 0.05) is 30.0 Å². The Labute approximate surface area is 100 Å². The van der Waals surface area contributed by atoms with E-state index < -0.39 is 0 Å². The molecule has 1 fully saturated rings. The smallest absolute Gasteiger partial charge is 0.133 e. The van der Waals surface area contributed by atoms with Crippen LogP contribution in [0, 0.1) is 6.92 Å². The van der Waals surface area contributed by atoms with Crippen molar-refractivity contribution in [3.05, 3.63) is 16.1 Å². The number of aromatic nitrogens is 1. The Balaban J connectivity index is 1.88. The molecule has 0 aliphatic heterocycles. The molecule has 0 amide bonds. The summed E-state index contributed by atoms with van der Waals surface area (Å²) in [6.45, 7) is 2.94. The zero-order chi connectivity index (χ0) is 11.5. The summed E-state index contributed by atoms with van der Waals surface area (Å²) in [5.74, 6) is 0.426. The van der Waals surface area contributed by atoms with Crippen LogP contribution in [-0.4, -0.2) is 28.8 Å². The minimum atomic E-state index is 0.426. The average molecular weight is 238 g/mol. The maximum Gasteiger partial charge on any atom is 0.133 e. The number of aryl methyl sites for hydroxylation is 1. The molecular formula is C12H18N2OS. The lowest BCUT2D eigenvalue weighted by Gasteiger charge is -2.29. The predicted octanol–water partition coefficient (Wildman–Crippen LogP) is 2.40. The number of thiazole rings is 1. The summed E-state index contributed by atoms with van der Waals surface area (Å²) < 4.78 is 0. The fourth-order valence-corrected chi connectivity index (χ4v) is 3.02. The first-order valence-corrected chi connectivity index (χ1v) is 6.66. The first-order chi connectivity index (χ1) is 7.65. The van der Waals surface area contributed by atoms with Crippen molar-refractivity contribution in [2.75, 3.05) is 7.05 Å². The zero-order valence-electron chi connectivity index (χ0n) is 9.90. The van der Waals surface area contributed by atoms with E-state index in [1.807, 2.05) is 6.92 Å². The largest absolute Gasteiger partial charge is 0.300 e. The van der Waals surface area contributed by atoms with Gasteiger partial charge in [0.05, 0.1) is 6.54 Å². The van der Waals surface area contributed by atoms with Gasteiger partial charge in [-0.05, 0) is 26.8 Å². The Bertz CT molecular complexity index is 365. The van der Waals surface area contributed by atoms with Crippen molar-refractivity contribution < 1.29 is 4.79 Å². The topological polar surface area (TPSA) is 33.2 Å². The van der Waals surface area contributed by atoms with E-state index in [1.165, 1.54) is 5.01 Å². The molecular weight excluding hydrogens is 220 g/mol. The molecule has 1 aromatic rings. The van der Waals surface area contributed by atoms with Crippen LogP contribution in [0.2, 0.25) is 0 Å². The highest BCUT2D eigenvalue weighted by Crippen LogP contribution is 2.21. The molecule has 0 radical (unpaired) electrons. The van der Waals surface area contributed by atoms with Crippen molar-refractivity contribution in [1.82, 2.24) is 9.88 Å². The molecule has 1 aromatic heterocycles. The van der Waals surface area contributed by atoms with Gasteiger partial charge in [-0.2, -0.15) is 0 Å². The van der Waals surface area contributed by atoms with Crippen molar-refractivity contribution in [3.63, 3.8) is 0 Å². The molecule has 0 unspecified atom stereocenters. The normalized spacial score (nSPS) is 18.3. The molecule has 1 saturated carbocycles. The summed E-state index contributed by atoms with van der Waals surface area (Å²) in [6, 6.07) is 0.557. The average Bonchev–Trinajstić information content (AvgIpc) is 2.65. The lowest BCUT2D eigenvalue weighted by molar-refractivity contribution is -0.121. The van der Waals surface area contributed by atoms with E-state index in [4.69, 9.17) is 0 Å². The number of carbonyl (C=O) groups excluding carboxylic acids is 1. The number of carbonyl (C=O) groups is 1. The molecule has 0 spiro atoms. The number of nitrogens with zero attached hydrogens (tertiary/aromatic N) is 2. The third-order valence-corrected chi connectivity index (χ3v) is 4.14. The first kappa shape index (κ1) is 11.7. The SMILES string of the molecule is Cc1csc(CN(C)C2CCC(=O)CC2)n1. The van der Waals surface area contributed by atoms with Crippen molar-refractivity contribution in [2.24, 2.45) is 0 Å². The summed E-state index contributed by atoms with van der Waals surface area (Å²) >= 11 is 1.72. The van der Waals surface area contributed by atoms with Crippen LogP contribution in [0.3, 0.4) is 0 Å². The molecule has 1 heterocycles. The molecule has 0 bridgehead atoms. The Morgan fingerprint density at radius 3 is 2.75 bits per heavy atom. The number of ketones is 1.